The van der Waals surface area contributed by atoms with Gasteiger partial charge in [-0.25, -0.2) is 9.37 Å². The highest BCUT2D eigenvalue weighted by molar-refractivity contribution is 5.98. The summed E-state index contributed by atoms with van der Waals surface area (Å²) in [5.74, 6) is -0.833. The molecule has 1 rings (SSSR count). The van der Waals surface area contributed by atoms with Crippen molar-refractivity contribution in [3.63, 3.8) is 0 Å². The first-order valence-electron chi connectivity index (χ1n) is 4.22. The number of nitrogens with two attached hydrogens (primary N) is 1. The summed E-state index contributed by atoms with van der Waals surface area (Å²) in [6.07, 6.45) is 0.984. The minimum atomic E-state index is -0.563. The van der Waals surface area contributed by atoms with Gasteiger partial charge in [-0.1, -0.05) is 0 Å². The van der Waals surface area contributed by atoms with Crippen LogP contribution in [0.2, 0.25) is 0 Å². The van der Waals surface area contributed by atoms with E-state index in [1.165, 1.54) is 4.90 Å². The number of halogens is 1. The van der Waals surface area contributed by atoms with Gasteiger partial charge in [0.15, 0.2) is 0 Å². The Labute approximate surface area is 81.5 Å². The zero-order valence-electron chi connectivity index (χ0n) is 8.12. The molecule has 0 saturated carbocycles. The van der Waals surface area contributed by atoms with Gasteiger partial charge in [0.05, 0.1) is 11.8 Å². The fourth-order valence-corrected chi connectivity index (χ4v) is 0.970. The number of pyridine rings is 1. The van der Waals surface area contributed by atoms with Crippen molar-refractivity contribution in [1.82, 2.24) is 9.88 Å². The third-order valence-electron chi connectivity index (χ3n) is 1.94. The van der Waals surface area contributed by atoms with E-state index in [-0.39, 0.29) is 17.3 Å². The van der Waals surface area contributed by atoms with Gasteiger partial charge in [-0.05, 0) is 13.0 Å². The number of hydrogen-bond acceptors (Lipinski definition) is 3. The first kappa shape index (κ1) is 10.4. The molecule has 1 aromatic rings. The van der Waals surface area contributed by atoms with Crippen LogP contribution in [-0.4, -0.2) is 29.4 Å². The molecular weight excluding hydrogens is 185 g/mol. The number of anilines is 1. The highest BCUT2D eigenvalue weighted by Crippen LogP contribution is 2.11. The highest BCUT2D eigenvalue weighted by Gasteiger charge is 2.14. The summed E-state index contributed by atoms with van der Waals surface area (Å²) < 4.78 is 12.8. The molecule has 1 heterocycles. The number of hydrogen-bond donors (Lipinski definition) is 1. The Morgan fingerprint density at radius 1 is 1.71 bits per heavy atom. The van der Waals surface area contributed by atoms with Gasteiger partial charge in [0.25, 0.3) is 5.91 Å². The first-order chi connectivity index (χ1) is 6.56. The SMILES string of the molecule is CCN(C)C(=O)c1cc(F)cnc1N. The largest absolute Gasteiger partial charge is 0.383 e. The van der Waals surface area contributed by atoms with Gasteiger partial charge in [0, 0.05) is 13.6 Å². The summed E-state index contributed by atoms with van der Waals surface area (Å²) in [7, 11) is 1.62. The molecule has 76 valence electrons. The second-order valence-electron chi connectivity index (χ2n) is 2.91. The predicted molar refractivity (Wildman–Crippen MR) is 51.2 cm³/mol. The summed E-state index contributed by atoms with van der Waals surface area (Å²) in [4.78, 5) is 16.6. The molecule has 5 heteroatoms. The van der Waals surface area contributed by atoms with Crippen LogP contribution < -0.4 is 5.73 Å². The molecule has 14 heavy (non-hydrogen) atoms. The van der Waals surface area contributed by atoms with E-state index >= 15 is 0 Å². The van der Waals surface area contributed by atoms with E-state index in [1.807, 2.05) is 6.92 Å². The fraction of sp³-hybridized carbons (Fsp3) is 0.333. The number of nitrogens with zero attached hydrogens (tertiary/aromatic N) is 2. The molecule has 0 saturated heterocycles. The lowest BCUT2D eigenvalue weighted by Crippen LogP contribution is -2.27. The van der Waals surface area contributed by atoms with E-state index in [4.69, 9.17) is 5.73 Å². The minimum absolute atomic E-state index is 0.0525. The van der Waals surface area contributed by atoms with Crippen molar-refractivity contribution in [3.05, 3.63) is 23.6 Å². The summed E-state index contributed by atoms with van der Waals surface area (Å²) >= 11 is 0. The van der Waals surface area contributed by atoms with E-state index in [9.17, 15) is 9.18 Å². The Kier molecular flexibility index (Phi) is 3.01. The van der Waals surface area contributed by atoms with Gasteiger partial charge in [0.1, 0.15) is 11.6 Å². The lowest BCUT2D eigenvalue weighted by Gasteiger charge is -2.14. The van der Waals surface area contributed by atoms with Crippen LogP contribution in [0.4, 0.5) is 10.2 Å². The molecule has 0 aliphatic carbocycles. The Morgan fingerprint density at radius 3 is 2.93 bits per heavy atom. The third kappa shape index (κ3) is 1.99. The average Bonchev–Trinajstić information content (AvgIpc) is 2.19. The van der Waals surface area contributed by atoms with Crippen molar-refractivity contribution in [2.24, 2.45) is 0 Å². The minimum Gasteiger partial charge on any atom is -0.383 e. The smallest absolute Gasteiger partial charge is 0.257 e. The van der Waals surface area contributed by atoms with Gasteiger partial charge < -0.3 is 10.6 Å². The molecule has 0 aliphatic rings. The molecule has 0 unspecified atom stereocenters. The molecule has 2 N–H and O–H groups in total. The van der Waals surface area contributed by atoms with E-state index in [0.717, 1.165) is 12.3 Å². The van der Waals surface area contributed by atoms with Crippen molar-refractivity contribution >= 4 is 11.7 Å². The Morgan fingerprint density at radius 2 is 2.36 bits per heavy atom. The molecule has 4 nitrogen and oxygen atoms in total. The molecular formula is C9H12FN3O. The fourth-order valence-electron chi connectivity index (χ4n) is 0.970. The number of carbonyl (C=O) groups excluding carboxylic acids is 1. The van der Waals surface area contributed by atoms with Crippen molar-refractivity contribution in [1.29, 1.82) is 0 Å². The van der Waals surface area contributed by atoms with Crippen LogP contribution in [0.15, 0.2) is 12.3 Å². The zero-order chi connectivity index (χ0) is 10.7. The maximum absolute atomic E-state index is 12.8. The number of amides is 1. The van der Waals surface area contributed by atoms with E-state index < -0.39 is 5.82 Å². The number of nitrogen functional groups attached to an aromatic ring is 1. The van der Waals surface area contributed by atoms with Crippen LogP contribution in [0.25, 0.3) is 0 Å². The second-order valence-corrected chi connectivity index (χ2v) is 2.91. The summed E-state index contributed by atoms with van der Waals surface area (Å²) in [5.41, 5.74) is 5.56. The number of aromatic nitrogens is 1. The summed E-state index contributed by atoms with van der Waals surface area (Å²) in [5, 5.41) is 0. The molecule has 1 aromatic heterocycles. The third-order valence-corrected chi connectivity index (χ3v) is 1.94. The molecule has 0 atom stereocenters. The quantitative estimate of drug-likeness (QED) is 0.766. The van der Waals surface area contributed by atoms with E-state index in [2.05, 4.69) is 4.98 Å². The van der Waals surface area contributed by atoms with Crippen LogP contribution in [0.5, 0.6) is 0 Å². The van der Waals surface area contributed by atoms with Crippen LogP contribution in [-0.2, 0) is 0 Å². The van der Waals surface area contributed by atoms with Crippen LogP contribution in [0.1, 0.15) is 17.3 Å². The molecule has 0 fully saturated rings. The van der Waals surface area contributed by atoms with Crippen molar-refractivity contribution in [2.75, 3.05) is 19.3 Å². The average molecular weight is 197 g/mol. The summed E-state index contributed by atoms with van der Waals surface area (Å²) in [6.45, 7) is 2.36. The van der Waals surface area contributed by atoms with Crippen molar-refractivity contribution in [3.8, 4) is 0 Å². The molecule has 0 bridgehead atoms. The predicted octanol–water partition coefficient (Wildman–Crippen LogP) is 0.895. The number of rotatable bonds is 2. The molecule has 0 aliphatic heterocycles. The van der Waals surface area contributed by atoms with Crippen LogP contribution in [0, 0.1) is 5.82 Å². The Bertz CT molecular complexity index is 354. The maximum atomic E-state index is 12.8. The van der Waals surface area contributed by atoms with E-state index in [1.54, 1.807) is 7.05 Å². The molecule has 0 spiro atoms. The zero-order valence-corrected chi connectivity index (χ0v) is 8.12. The van der Waals surface area contributed by atoms with E-state index in [0.29, 0.717) is 6.54 Å². The molecule has 0 aromatic carbocycles. The Hall–Kier alpha value is -1.65. The van der Waals surface area contributed by atoms with Gasteiger partial charge in [0.2, 0.25) is 0 Å². The van der Waals surface area contributed by atoms with Gasteiger partial charge in [-0.3, -0.25) is 4.79 Å². The monoisotopic (exact) mass is 197 g/mol. The standard InChI is InChI=1S/C9H12FN3O/c1-3-13(2)9(14)7-4-6(10)5-12-8(7)11/h4-5H,3H2,1-2H3,(H2,11,12). The summed E-state index contributed by atoms with van der Waals surface area (Å²) in [6, 6.07) is 1.09. The normalized spacial score (nSPS) is 9.93. The topological polar surface area (TPSA) is 59.2 Å². The maximum Gasteiger partial charge on any atom is 0.257 e. The molecule has 1 amide bonds. The lowest BCUT2D eigenvalue weighted by atomic mass is 10.2. The first-order valence-corrected chi connectivity index (χ1v) is 4.22. The second kappa shape index (κ2) is 4.04. The highest BCUT2D eigenvalue weighted by atomic mass is 19.1. The lowest BCUT2D eigenvalue weighted by molar-refractivity contribution is 0.0802. The van der Waals surface area contributed by atoms with Crippen molar-refractivity contribution in [2.45, 2.75) is 6.92 Å². The van der Waals surface area contributed by atoms with Crippen LogP contribution >= 0.6 is 0 Å². The molecule has 0 radical (unpaired) electrons. The van der Waals surface area contributed by atoms with Gasteiger partial charge in [-0.2, -0.15) is 0 Å². The van der Waals surface area contributed by atoms with Crippen molar-refractivity contribution < 1.29 is 9.18 Å². The van der Waals surface area contributed by atoms with Gasteiger partial charge >= 0.3 is 0 Å². The van der Waals surface area contributed by atoms with Gasteiger partial charge in [-0.15, -0.1) is 0 Å². The Balaban J connectivity index is 3.06. The van der Waals surface area contributed by atoms with Crippen LogP contribution in [0.3, 0.4) is 0 Å². The number of carbonyl (C=O) groups is 1.